The molecule has 1 heterocycles. The number of imidazole rings is 1. The second kappa shape index (κ2) is 5.24. The molecule has 1 aromatic rings. The fourth-order valence-electron chi connectivity index (χ4n) is 0.215. The lowest BCUT2D eigenvalue weighted by molar-refractivity contribution is 1.31. The Hall–Kier alpha value is -0.900. The number of aromatic nitrogens is 2. The van der Waals surface area contributed by atoms with Gasteiger partial charge in [-0.2, -0.15) is 0 Å². The molecule has 4 heteroatoms. The van der Waals surface area contributed by atoms with E-state index in [2.05, 4.69) is 22.2 Å². The van der Waals surface area contributed by atoms with Gasteiger partial charge in [-0.3, -0.25) is 0 Å². The normalized spacial score (nSPS) is 7.22. The van der Waals surface area contributed by atoms with Crippen molar-refractivity contribution in [3.8, 4) is 0 Å². The van der Waals surface area contributed by atoms with Crippen molar-refractivity contribution in [1.82, 2.24) is 9.97 Å². The van der Waals surface area contributed by atoms with E-state index in [0.29, 0.717) is 4.99 Å². The molecule has 9 heavy (non-hydrogen) atoms. The van der Waals surface area contributed by atoms with Crippen molar-refractivity contribution in [3.63, 3.8) is 0 Å². The average Bonchev–Trinajstić information content (AvgIpc) is 2.11. The van der Waals surface area contributed by atoms with E-state index in [9.17, 15) is 0 Å². The van der Waals surface area contributed by atoms with Gasteiger partial charge in [-0.05, 0) is 6.92 Å². The third kappa shape index (κ3) is 11.0. The van der Waals surface area contributed by atoms with Crippen molar-refractivity contribution in [2.45, 2.75) is 6.92 Å². The van der Waals surface area contributed by atoms with Crippen LogP contribution < -0.4 is 5.73 Å². The predicted molar refractivity (Wildman–Crippen MR) is 41.0 cm³/mol. The largest absolute Gasteiger partial charge is 0.394 e. The predicted octanol–water partition coefficient (Wildman–Crippen LogP) is 0.702. The number of hydrogen-bond donors (Lipinski definition) is 2. The molecule has 0 fully saturated rings. The third-order valence-electron chi connectivity index (χ3n) is 0.406. The van der Waals surface area contributed by atoms with Crippen LogP contribution in [0.2, 0.25) is 0 Å². The standard InChI is InChI=1S/C3H4N2.C2H5NS/c1-2-5-3-4-1;1-2(3)4/h1-3H,(H,4,5);1H3,(H2,3,4). The molecule has 1 rings (SSSR count). The molecule has 0 aliphatic rings. The van der Waals surface area contributed by atoms with Gasteiger partial charge >= 0.3 is 0 Å². The summed E-state index contributed by atoms with van der Waals surface area (Å²) in [6.45, 7) is 1.68. The minimum absolute atomic E-state index is 0.500. The summed E-state index contributed by atoms with van der Waals surface area (Å²) in [4.78, 5) is 6.92. The lowest BCUT2D eigenvalue weighted by Gasteiger charge is -1.65. The average molecular weight is 143 g/mol. The summed E-state index contributed by atoms with van der Waals surface area (Å²) in [7, 11) is 0. The summed E-state index contributed by atoms with van der Waals surface area (Å²) >= 11 is 4.31. The monoisotopic (exact) mass is 143 g/mol. The van der Waals surface area contributed by atoms with Gasteiger partial charge in [0.2, 0.25) is 0 Å². The number of hydrogen-bond acceptors (Lipinski definition) is 2. The van der Waals surface area contributed by atoms with Gasteiger partial charge in [0.1, 0.15) is 0 Å². The fraction of sp³-hybridized carbons (Fsp3) is 0.200. The number of nitrogens with zero attached hydrogens (tertiary/aromatic N) is 1. The summed E-state index contributed by atoms with van der Waals surface area (Å²) < 4.78 is 0. The molecule has 1 aromatic heterocycles. The molecule has 50 valence electrons. The Labute approximate surface area is 59.3 Å². The maximum Gasteiger partial charge on any atom is 0.0919 e. The molecule has 0 amide bonds. The van der Waals surface area contributed by atoms with E-state index in [4.69, 9.17) is 5.73 Å². The lowest BCUT2D eigenvalue weighted by Crippen LogP contribution is -1.98. The first-order valence-electron chi connectivity index (χ1n) is 2.42. The van der Waals surface area contributed by atoms with E-state index in [-0.39, 0.29) is 0 Å². The first-order valence-corrected chi connectivity index (χ1v) is 2.83. The quantitative estimate of drug-likeness (QED) is 0.526. The van der Waals surface area contributed by atoms with Gasteiger partial charge in [-0.1, -0.05) is 12.2 Å². The zero-order chi connectivity index (χ0) is 7.11. The first-order chi connectivity index (χ1) is 4.23. The van der Waals surface area contributed by atoms with E-state index in [1.807, 2.05) is 0 Å². The van der Waals surface area contributed by atoms with Crippen LogP contribution in [0.3, 0.4) is 0 Å². The topological polar surface area (TPSA) is 54.7 Å². The van der Waals surface area contributed by atoms with E-state index in [1.54, 1.807) is 25.6 Å². The molecule has 0 aliphatic carbocycles. The summed E-state index contributed by atoms with van der Waals surface area (Å²) in [5, 5.41) is 0. The number of thiocarbonyl (C=S) groups is 1. The summed E-state index contributed by atoms with van der Waals surface area (Å²) in [6, 6.07) is 0. The van der Waals surface area contributed by atoms with Crippen molar-refractivity contribution < 1.29 is 0 Å². The van der Waals surface area contributed by atoms with Gasteiger partial charge in [0.05, 0.1) is 11.3 Å². The second-order valence-corrected chi connectivity index (χ2v) is 2.02. The highest BCUT2D eigenvalue weighted by molar-refractivity contribution is 7.80. The van der Waals surface area contributed by atoms with Crippen LogP contribution in [0.4, 0.5) is 0 Å². The van der Waals surface area contributed by atoms with Crippen LogP contribution in [0.15, 0.2) is 18.7 Å². The fourth-order valence-corrected chi connectivity index (χ4v) is 0.215. The Morgan fingerprint density at radius 2 is 2.33 bits per heavy atom. The van der Waals surface area contributed by atoms with Crippen molar-refractivity contribution in [2.24, 2.45) is 5.73 Å². The Morgan fingerprint density at radius 3 is 2.44 bits per heavy atom. The SMILES string of the molecule is CC(N)=S.c1c[nH]cn1. The zero-order valence-electron chi connectivity index (χ0n) is 5.16. The van der Waals surface area contributed by atoms with Gasteiger partial charge < -0.3 is 10.7 Å². The van der Waals surface area contributed by atoms with Crippen molar-refractivity contribution in [1.29, 1.82) is 0 Å². The van der Waals surface area contributed by atoms with Crippen molar-refractivity contribution in [3.05, 3.63) is 18.7 Å². The Morgan fingerprint density at radius 1 is 1.78 bits per heavy atom. The molecule has 0 aliphatic heterocycles. The molecular weight excluding hydrogens is 134 g/mol. The second-order valence-electron chi connectivity index (χ2n) is 1.37. The molecule has 0 spiro atoms. The Balaban J connectivity index is 0.000000148. The van der Waals surface area contributed by atoms with E-state index >= 15 is 0 Å². The van der Waals surface area contributed by atoms with E-state index in [1.165, 1.54) is 0 Å². The highest BCUT2D eigenvalue weighted by Gasteiger charge is 1.56. The van der Waals surface area contributed by atoms with Crippen molar-refractivity contribution in [2.75, 3.05) is 0 Å². The maximum atomic E-state index is 4.84. The van der Waals surface area contributed by atoms with Crippen molar-refractivity contribution >= 4 is 17.2 Å². The maximum absolute atomic E-state index is 4.84. The van der Waals surface area contributed by atoms with Gasteiger partial charge in [0, 0.05) is 12.4 Å². The van der Waals surface area contributed by atoms with Crippen LogP contribution in [0.5, 0.6) is 0 Å². The highest BCUT2D eigenvalue weighted by Crippen LogP contribution is 1.62. The molecule has 0 bridgehead atoms. The van der Waals surface area contributed by atoms with Gasteiger partial charge in [-0.15, -0.1) is 0 Å². The molecule has 3 N–H and O–H groups in total. The minimum atomic E-state index is 0.500. The van der Waals surface area contributed by atoms with Gasteiger partial charge in [0.15, 0.2) is 0 Å². The van der Waals surface area contributed by atoms with E-state index in [0.717, 1.165) is 0 Å². The third-order valence-corrected chi connectivity index (χ3v) is 0.406. The zero-order valence-corrected chi connectivity index (χ0v) is 5.98. The van der Waals surface area contributed by atoms with Gasteiger partial charge in [-0.25, -0.2) is 4.98 Å². The number of aromatic amines is 1. The van der Waals surface area contributed by atoms with Crippen LogP contribution in [0.1, 0.15) is 6.92 Å². The minimum Gasteiger partial charge on any atom is -0.394 e. The molecule has 0 unspecified atom stereocenters. The van der Waals surface area contributed by atoms with Gasteiger partial charge in [0.25, 0.3) is 0 Å². The van der Waals surface area contributed by atoms with Crippen LogP contribution in [0.25, 0.3) is 0 Å². The summed E-state index contributed by atoms with van der Waals surface area (Å²) in [5.41, 5.74) is 4.84. The number of nitrogens with one attached hydrogen (secondary N) is 1. The van der Waals surface area contributed by atoms with Crippen LogP contribution in [0, 0.1) is 0 Å². The summed E-state index contributed by atoms with van der Waals surface area (Å²) in [5.74, 6) is 0. The molecule has 0 aromatic carbocycles. The Kier molecular flexibility index (Phi) is 4.72. The van der Waals surface area contributed by atoms with Crippen LogP contribution in [-0.2, 0) is 0 Å². The number of nitrogens with two attached hydrogens (primary N) is 1. The molecule has 0 saturated carbocycles. The highest BCUT2D eigenvalue weighted by atomic mass is 32.1. The number of H-pyrrole nitrogens is 1. The summed E-state index contributed by atoms with van der Waals surface area (Å²) in [6.07, 6.45) is 5.08. The lowest BCUT2D eigenvalue weighted by atomic mass is 10.8. The smallest absolute Gasteiger partial charge is 0.0919 e. The molecule has 0 saturated heterocycles. The van der Waals surface area contributed by atoms with Crippen LogP contribution >= 0.6 is 12.2 Å². The first kappa shape index (κ1) is 8.10. The Bertz CT molecular complexity index is 126. The van der Waals surface area contributed by atoms with Crippen LogP contribution in [-0.4, -0.2) is 15.0 Å². The number of rotatable bonds is 0. The molecule has 0 atom stereocenters. The molecule has 3 nitrogen and oxygen atoms in total. The molecule has 0 radical (unpaired) electrons. The van der Waals surface area contributed by atoms with E-state index < -0.39 is 0 Å². The molecular formula is C5H9N3S.